The minimum atomic E-state index is -0.273. The Morgan fingerprint density at radius 2 is 0.378 bits per heavy atom. The van der Waals surface area contributed by atoms with Crippen LogP contribution in [0.5, 0.6) is 69.0 Å². The molecule has 12 nitrogen and oxygen atoms in total. The van der Waals surface area contributed by atoms with Crippen LogP contribution < -0.4 is 56.8 Å². The van der Waals surface area contributed by atoms with Crippen molar-refractivity contribution in [2.45, 2.75) is 25.7 Å². The van der Waals surface area contributed by atoms with Gasteiger partial charge in [0.25, 0.3) is 0 Å². The molecule has 1 aliphatic carbocycles. The maximum Gasteiger partial charge on any atom is 0.207 e. The van der Waals surface area contributed by atoms with Gasteiger partial charge in [-0.05, 0) is 24.3 Å². The fourth-order valence-corrected chi connectivity index (χ4v) is 7.77. The third-order valence-corrected chi connectivity index (χ3v) is 10.2. The maximum atomic E-state index is 6.31. The molecule has 0 radical (unpaired) electrons. The molecular weight excluding hydrogens is 937 g/mol. The summed E-state index contributed by atoms with van der Waals surface area (Å²) in [6.45, 7) is -2.52. The molecule has 74 heavy (non-hydrogen) atoms. The fraction of sp³-hybridized carbons (Fsp3) is 0.226. The van der Waals surface area contributed by atoms with Gasteiger partial charge in [0.05, 0.1) is 0 Å². The SMILES string of the molecule is C#CCOc1c2cc(c(OC#C)c1OCC#C)Cc1cc(c(OCC#C)c(OCC#C)c1OCC#C)Cc1cc(c(OC#C)c(OCC#C)c1OCC#C)Cc1cc(c(OCC#C)c(OCC#C)c1OCC#C)C2. The van der Waals surface area contributed by atoms with E-state index in [1.165, 1.54) is 0 Å². The van der Waals surface area contributed by atoms with Gasteiger partial charge in [-0.15, -0.1) is 64.2 Å². The van der Waals surface area contributed by atoms with Crippen LogP contribution in [0.15, 0.2) is 24.3 Å². The summed E-state index contributed by atoms with van der Waals surface area (Å²) in [5, 5.41) is 0. The van der Waals surface area contributed by atoms with Crippen molar-refractivity contribution >= 4 is 0 Å². The van der Waals surface area contributed by atoms with Gasteiger partial charge in [0.2, 0.25) is 23.0 Å². The van der Waals surface area contributed by atoms with Gasteiger partial charge in [-0.1, -0.05) is 72.1 Å². The fourth-order valence-electron chi connectivity index (χ4n) is 7.77. The van der Waals surface area contributed by atoms with Crippen LogP contribution in [0.4, 0.5) is 0 Å². The van der Waals surface area contributed by atoms with E-state index in [4.69, 9.17) is 134 Å². The van der Waals surface area contributed by atoms with E-state index in [1.807, 2.05) is 0 Å². The van der Waals surface area contributed by atoms with Crippen LogP contribution in [-0.4, -0.2) is 66.1 Å². The van der Waals surface area contributed by atoms with Crippen LogP contribution in [0.2, 0.25) is 0 Å². The molecule has 0 unspecified atom stereocenters. The molecule has 4 aromatic carbocycles. The molecule has 0 aliphatic heterocycles. The van der Waals surface area contributed by atoms with Crippen molar-refractivity contribution in [3.63, 3.8) is 0 Å². The highest BCUT2D eigenvalue weighted by molar-refractivity contribution is 5.70. The zero-order chi connectivity index (χ0) is 53.2. The van der Waals surface area contributed by atoms with E-state index in [9.17, 15) is 0 Å². The van der Waals surface area contributed by atoms with Gasteiger partial charge in [0.1, 0.15) is 78.3 Å². The molecule has 0 amide bonds. The second-order valence-electron chi connectivity index (χ2n) is 14.8. The number of terminal acetylenes is 12. The van der Waals surface area contributed by atoms with Crippen molar-refractivity contribution in [2.24, 2.45) is 0 Å². The summed E-state index contributed by atoms with van der Waals surface area (Å²) >= 11 is 0. The van der Waals surface area contributed by atoms with Crippen LogP contribution in [-0.2, 0) is 25.7 Å². The monoisotopic (exact) mass is 980 g/mol. The number of benzene rings is 4. The highest BCUT2D eigenvalue weighted by Gasteiger charge is 2.32. The quantitative estimate of drug-likeness (QED) is 0.0715. The lowest BCUT2D eigenvalue weighted by Gasteiger charge is -2.26. The van der Waals surface area contributed by atoms with Crippen LogP contribution in [0, 0.1) is 148 Å². The molecule has 5 rings (SSSR count). The molecule has 4 aromatic rings. The lowest BCUT2D eigenvalue weighted by molar-refractivity contribution is 0.282. The lowest BCUT2D eigenvalue weighted by atomic mass is 9.90. The van der Waals surface area contributed by atoms with E-state index < -0.39 is 0 Å². The Kier molecular flexibility index (Phi) is 20.5. The number of ether oxygens (including phenoxy) is 12. The summed E-state index contributed by atoms with van der Waals surface area (Å²) in [6, 6.07) is 7.09. The first-order valence-corrected chi connectivity index (χ1v) is 21.9. The lowest BCUT2D eigenvalue weighted by Crippen LogP contribution is -2.13. The van der Waals surface area contributed by atoms with Crippen LogP contribution in [0.25, 0.3) is 0 Å². The van der Waals surface area contributed by atoms with E-state index in [1.54, 1.807) is 24.3 Å². The molecule has 12 heteroatoms. The largest absolute Gasteiger partial charge is 0.477 e. The molecule has 0 atom stereocenters. The number of fused-ring (bicyclic) bond motifs is 8. The van der Waals surface area contributed by atoms with Crippen LogP contribution >= 0.6 is 0 Å². The molecule has 0 fully saturated rings. The molecule has 8 bridgehead atoms. The Hall–Kier alpha value is -10.8. The molecule has 0 saturated heterocycles. The Morgan fingerprint density at radius 3 is 0.541 bits per heavy atom. The van der Waals surface area contributed by atoms with E-state index in [-0.39, 0.29) is 161 Å². The van der Waals surface area contributed by atoms with Gasteiger partial charge in [-0.2, -0.15) is 0 Å². The van der Waals surface area contributed by atoms with Gasteiger partial charge in [0.15, 0.2) is 46.0 Å². The second-order valence-corrected chi connectivity index (χ2v) is 14.8. The van der Waals surface area contributed by atoms with Crippen molar-refractivity contribution in [3.8, 4) is 217 Å². The number of rotatable bonds is 22. The van der Waals surface area contributed by atoms with E-state index in [0.717, 1.165) is 0 Å². The Morgan fingerprint density at radius 1 is 0.230 bits per heavy atom. The third kappa shape index (κ3) is 12.9. The minimum absolute atomic E-state index is 0.00110. The Balaban J connectivity index is 2.15. The summed E-state index contributed by atoms with van der Waals surface area (Å²) < 4.78 is 74.7. The summed E-state index contributed by atoms with van der Waals surface area (Å²) in [7, 11) is 0. The average molecular weight is 981 g/mol. The van der Waals surface area contributed by atoms with Crippen LogP contribution in [0.3, 0.4) is 0 Å². The molecule has 0 saturated carbocycles. The number of hydrogen-bond acceptors (Lipinski definition) is 12. The van der Waals surface area contributed by atoms with Crippen molar-refractivity contribution in [2.75, 3.05) is 66.1 Å². The van der Waals surface area contributed by atoms with Gasteiger partial charge in [-0.3, -0.25) is 0 Å². The highest BCUT2D eigenvalue weighted by Crippen LogP contribution is 2.53. The third-order valence-electron chi connectivity index (χ3n) is 10.2. The van der Waals surface area contributed by atoms with E-state index in [0.29, 0.717) is 44.5 Å². The Bertz CT molecular complexity index is 3070. The zero-order valence-electron chi connectivity index (χ0n) is 40.0. The van der Waals surface area contributed by atoms with Gasteiger partial charge in [0, 0.05) is 70.2 Å². The highest BCUT2D eigenvalue weighted by atomic mass is 16.6. The topological polar surface area (TPSA) is 111 Å². The molecule has 0 aromatic heterocycles. The molecule has 364 valence electrons. The zero-order valence-corrected chi connectivity index (χ0v) is 40.0. The summed E-state index contributed by atoms with van der Waals surface area (Å²) in [6.07, 6.45) is 73.9. The Labute approximate surface area is 433 Å². The summed E-state index contributed by atoms with van der Waals surface area (Å²) in [4.78, 5) is 0. The van der Waals surface area contributed by atoms with Crippen molar-refractivity contribution < 1.29 is 56.8 Å². The van der Waals surface area contributed by atoms with Crippen molar-refractivity contribution in [3.05, 3.63) is 68.8 Å². The van der Waals surface area contributed by atoms with Crippen molar-refractivity contribution in [1.29, 1.82) is 0 Å². The second kappa shape index (κ2) is 28.0. The maximum absolute atomic E-state index is 6.31. The van der Waals surface area contributed by atoms with Gasteiger partial charge < -0.3 is 56.8 Å². The molecule has 0 N–H and O–H groups in total. The summed E-state index contributed by atoms with van der Waals surface area (Å²) in [5.74, 6) is 25.8. The average Bonchev–Trinajstić information content (AvgIpc) is 3.40. The normalized spacial score (nSPS) is 10.3. The standard InChI is InChI=1S/C62H44O12/c1-13-25-65-53-45-35-43(51(63-23-11)59(53)71-31-19-7)37-47-42-50(58(70-30-18-6)62(74-34-22-10)55(47)67-27-15-3)40-46-36-44(52(64-24-12)60(72-32-20-8)54(46)66-26-14-2)38-48-41-49(39-45)57(69-29-17-5)61(73-33-21-9)56(48)68-28-16-4/h1-12,35-36,41-42H,25-34,37-40H2. The first-order chi connectivity index (χ1) is 36.2. The first kappa shape index (κ1) is 54.1. The number of hydrogen-bond donors (Lipinski definition) is 0. The molecule has 0 spiro atoms. The predicted molar refractivity (Wildman–Crippen MR) is 279 cm³/mol. The van der Waals surface area contributed by atoms with Gasteiger partial charge in [-0.25, -0.2) is 0 Å². The molecular formula is C62H44O12. The first-order valence-electron chi connectivity index (χ1n) is 21.9. The van der Waals surface area contributed by atoms with Crippen LogP contribution in [0.1, 0.15) is 44.5 Å². The van der Waals surface area contributed by atoms with E-state index in [2.05, 4.69) is 71.4 Å². The van der Waals surface area contributed by atoms with Gasteiger partial charge >= 0.3 is 0 Å². The molecule has 0 heterocycles. The minimum Gasteiger partial charge on any atom is -0.477 e. The summed E-state index contributed by atoms with van der Waals surface area (Å²) in [5.41, 5.74) is 3.38. The smallest absolute Gasteiger partial charge is 0.207 e. The van der Waals surface area contributed by atoms with Crippen molar-refractivity contribution in [1.82, 2.24) is 0 Å². The van der Waals surface area contributed by atoms with E-state index >= 15 is 0 Å². The predicted octanol–water partition coefficient (Wildman–Crippen LogP) is 6.42. The molecule has 1 aliphatic rings.